The molecule has 3 rings (SSSR count). The van der Waals surface area contributed by atoms with Gasteiger partial charge in [0.1, 0.15) is 11.8 Å². The molecule has 8 heteroatoms. The van der Waals surface area contributed by atoms with E-state index in [-0.39, 0.29) is 0 Å². The van der Waals surface area contributed by atoms with Gasteiger partial charge in [0.2, 0.25) is 5.91 Å². The molecular formula is C18H17N5O3. The van der Waals surface area contributed by atoms with E-state index in [1.54, 1.807) is 28.9 Å². The van der Waals surface area contributed by atoms with Crippen LogP contribution in [0.5, 0.6) is 0 Å². The molecule has 0 bridgehead atoms. The van der Waals surface area contributed by atoms with Crippen LogP contribution in [-0.2, 0) is 4.79 Å². The summed E-state index contributed by atoms with van der Waals surface area (Å²) in [7, 11) is 0. The van der Waals surface area contributed by atoms with Crippen molar-refractivity contribution in [1.29, 1.82) is 0 Å². The van der Waals surface area contributed by atoms with Crippen LogP contribution in [0.15, 0.2) is 30.7 Å². The highest BCUT2D eigenvalue weighted by atomic mass is 16.2. The van der Waals surface area contributed by atoms with Crippen molar-refractivity contribution in [2.24, 2.45) is 0 Å². The van der Waals surface area contributed by atoms with Gasteiger partial charge in [0, 0.05) is 29.9 Å². The Kier molecular flexibility index (Phi) is 4.49. The number of anilines is 2. The first kappa shape index (κ1) is 17.3. The van der Waals surface area contributed by atoms with Gasteiger partial charge in [0.05, 0.1) is 0 Å². The monoisotopic (exact) mass is 351 g/mol. The standard InChI is InChI=1S/C18H17N5O3/c1-10-4-5-13(18(26)21-12(3)25)6-15(10)22-17-16-11(2)14(8-24)7-23(16)20-9-19-17/h4-9H,1-3H3,(H,19,20,22)(H,21,25,26). The van der Waals surface area contributed by atoms with Gasteiger partial charge in [-0.2, -0.15) is 5.10 Å². The van der Waals surface area contributed by atoms with Crippen molar-refractivity contribution < 1.29 is 14.4 Å². The van der Waals surface area contributed by atoms with Crippen molar-refractivity contribution in [2.45, 2.75) is 20.8 Å². The van der Waals surface area contributed by atoms with Gasteiger partial charge >= 0.3 is 0 Å². The van der Waals surface area contributed by atoms with Crippen molar-refractivity contribution in [3.05, 3.63) is 53.0 Å². The molecule has 0 aliphatic carbocycles. The molecule has 0 saturated heterocycles. The quantitative estimate of drug-likeness (QED) is 0.698. The summed E-state index contributed by atoms with van der Waals surface area (Å²) in [5.41, 5.74) is 3.86. The zero-order valence-electron chi connectivity index (χ0n) is 14.5. The zero-order chi connectivity index (χ0) is 18.8. The Hall–Kier alpha value is -3.55. The molecule has 0 aliphatic rings. The number of hydrogen-bond acceptors (Lipinski definition) is 6. The third-order valence-electron chi connectivity index (χ3n) is 4.04. The Labute approximate surface area is 149 Å². The number of hydrogen-bond donors (Lipinski definition) is 2. The van der Waals surface area contributed by atoms with Gasteiger partial charge in [-0.3, -0.25) is 19.7 Å². The third kappa shape index (κ3) is 3.16. The number of aryl methyl sites for hydroxylation is 2. The predicted octanol–water partition coefficient (Wildman–Crippen LogP) is 2.18. The van der Waals surface area contributed by atoms with Crippen molar-refractivity contribution in [3.8, 4) is 0 Å². The minimum atomic E-state index is -0.476. The second-order valence-electron chi connectivity index (χ2n) is 5.89. The minimum Gasteiger partial charge on any atom is -0.338 e. The molecule has 2 heterocycles. The number of benzene rings is 1. The summed E-state index contributed by atoms with van der Waals surface area (Å²) < 4.78 is 1.58. The van der Waals surface area contributed by atoms with E-state index in [0.717, 1.165) is 17.4 Å². The van der Waals surface area contributed by atoms with Crippen molar-refractivity contribution in [3.63, 3.8) is 0 Å². The van der Waals surface area contributed by atoms with Crippen LogP contribution in [0, 0.1) is 13.8 Å². The van der Waals surface area contributed by atoms with E-state index in [1.165, 1.54) is 13.3 Å². The summed E-state index contributed by atoms with van der Waals surface area (Å²) in [4.78, 5) is 38.6. The number of nitrogens with one attached hydrogen (secondary N) is 2. The van der Waals surface area contributed by atoms with Gasteiger partial charge in [0.15, 0.2) is 12.1 Å². The molecule has 1 aromatic carbocycles. The summed E-state index contributed by atoms with van der Waals surface area (Å²) in [5, 5.41) is 9.55. The number of amides is 2. The number of carbonyl (C=O) groups excluding carboxylic acids is 3. The van der Waals surface area contributed by atoms with E-state index in [4.69, 9.17) is 0 Å². The normalized spacial score (nSPS) is 10.6. The van der Waals surface area contributed by atoms with Crippen molar-refractivity contribution >= 4 is 35.1 Å². The Morgan fingerprint density at radius 2 is 2.00 bits per heavy atom. The average Bonchev–Trinajstić information content (AvgIpc) is 2.93. The third-order valence-corrected chi connectivity index (χ3v) is 4.04. The van der Waals surface area contributed by atoms with E-state index in [2.05, 4.69) is 20.7 Å². The molecule has 0 fully saturated rings. The molecule has 2 amide bonds. The van der Waals surface area contributed by atoms with Gasteiger partial charge in [-0.05, 0) is 37.1 Å². The Morgan fingerprint density at radius 3 is 2.69 bits per heavy atom. The summed E-state index contributed by atoms with van der Waals surface area (Å²) in [6.45, 7) is 4.98. The van der Waals surface area contributed by atoms with E-state index in [9.17, 15) is 14.4 Å². The fraction of sp³-hybridized carbons (Fsp3) is 0.167. The molecule has 0 unspecified atom stereocenters. The lowest BCUT2D eigenvalue weighted by Gasteiger charge is -2.12. The molecular weight excluding hydrogens is 334 g/mol. The summed E-state index contributed by atoms with van der Waals surface area (Å²) >= 11 is 0. The molecule has 2 N–H and O–H groups in total. The van der Waals surface area contributed by atoms with Gasteiger partial charge in [-0.15, -0.1) is 0 Å². The number of rotatable bonds is 4. The lowest BCUT2D eigenvalue weighted by atomic mass is 10.1. The SMILES string of the molecule is CC(=O)NC(=O)c1ccc(C)c(Nc2ncnn3cc(C=O)c(C)c23)c1. The lowest BCUT2D eigenvalue weighted by molar-refractivity contribution is -0.118. The van der Waals surface area contributed by atoms with Crippen LogP contribution in [0.4, 0.5) is 11.5 Å². The van der Waals surface area contributed by atoms with Crippen LogP contribution in [0.1, 0.15) is 38.8 Å². The maximum atomic E-state index is 12.1. The van der Waals surface area contributed by atoms with Crippen molar-refractivity contribution in [1.82, 2.24) is 19.9 Å². The zero-order valence-corrected chi connectivity index (χ0v) is 14.5. The number of fused-ring (bicyclic) bond motifs is 1. The van der Waals surface area contributed by atoms with Crippen LogP contribution in [0.2, 0.25) is 0 Å². The number of aromatic nitrogens is 3. The van der Waals surface area contributed by atoms with Crippen LogP contribution < -0.4 is 10.6 Å². The predicted molar refractivity (Wildman–Crippen MR) is 95.7 cm³/mol. The van der Waals surface area contributed by atoms with E-state index < -0.39 is 11.8 Å². The molecule has 132 valence electrons. The molecule has 3 aromatic rings. The van der Waals surface area contributed by atoms with Gasteiger partial charge in [-0.25, -0.2) is 9.50 Å². The molecule has 0 saturated carbocycles. The molecule has 26 heavy (non-hydrogen) atoms. The number of aldehydes is 1. The Morgan fingerprint density at radius 1 is 1.23 bits per heavy atom. The van der Waals surface area contributed by atoms with Crippen molar-refractivity contribution in [2.75, 3.05) is 5.32 Å². The highest BCUT2D eigenvalue weighted by Gasteiger charge is 2.14. The Bertz CT molecular complexity index is 1040. The van der Waals surface area contributed by atoms with Crippen LogP contribution in [0.25, 0.3) is 5.52 Å². The topological polar surface area (TPSA) is 105 Å². The fourth-order valence-electron chi connectivity index (χ4n) is 2.65. The van der Waals surface area contributed by atoms with E-state index in [1.807, 2.05) is 13.8 Å². The maximum Gasteiger partial charge on any atom is 0.257 e. The minimum absolute atomic E-state index is 0.346. The first-order valence-electron chi connectivity index (χ1n) is 7.88. The second kappa shape index (κ2) is 6.75. The molecule has 0 aliphatic heterocycles. The van der Waals surface area contributed by atoms with Crippen LogP contribution in [0.3, 0.4) is 0 Å². The van der Waals surface area contributed by atoms with Gasteiger partial charge in [-0.1, -0.05) is 6.07 Å². The Balaban J connectivity index is 2.03. The van der Waals surface area contributed by atoms with Gasteiger partial charge in [0.25, 0.3) is 5.91 Å². The molecule has 0 radical (unpaired) electrons. The first-order chi connectivity index (χ1) is 12.4. The summed E-state index contributed by atoms with van der Waals surface area (Å²) in [6.07, 6.45) is 3.78. The number of nitrogens with zero attached hydrogens (tertiary/aromatic N) is 3. The van der Waals surface area contributed by atoms with E-state index >= 15 is 0 Å². The molecule has 8 nitrogen and oxygen atoms in total. The fourth-order valence-corrected chi connectivity index (χ4v) is 2.65. The second-order valence-corrected chi connectivity index (χ2v) is 5.89. The lowest BCUT2D eigenvalue weighted by Crippen LogP contribution is -2.27. The number of carbonyl (C=O) groups is 3. The highest BCUT2D eigenvalue weighted by molar-refractivity contribution is 6.04. The summed E-state index contributed by atoms with van der Waals surface area (Å²) in [6, 6.07) is 5.06. The largest absolute Gasteiger partial charge is 0.338 e. The summed E-state index contributed by atoms with van der Waals surface area (Å²) in [5.74, 6) is -0.388. The molecule has 0 atom stereocenters. The number of imide groups is 1. The maximum absolute atomic E-state index is 12.1. The highest BCUT2D eigenvalue weighted by Crippen LogP contribution is 2.26. The average molecular weight is 351 g/mol. The van der Waals surface area contributed by atoms with Crippen LogP contribution in [-0.4, -0.2) is 32.7 Å². The van der Waals surface area contributed by atoms with E-state index in [0.29, 0.717) is 28.1 Å². The van der Waals surface area contributed by atoms with Crippen LogP contribution >= 0.6 is 0 Å². The molecule has 0 spiro atoms. The molecule has 2 aromatic heterocycles. The smallest absolute Gasteiger partial charge is 0.257 e. The van der Waals surface area contributed by atoms with Gasteiger partial charge < -0.3 is 5.32 Å². The first-order valence-corrected chi connectivity index (χ1v) is 7.88.